The van der Waals surface area contributed by atoms with E-state index in [1.807, 2.05) is 0 Å². The number of hydroxylamine groups is 1. The number of nitrogens with one attached hydrogen (secondary N) is 1. The van der Waals surface area contributed by atoms with Crippen molar-refractivity contribution >= 4 is 21.9 Å². The van der Waals surface area contributed by atoms with Gasteiger partial charge in [-0.25, -0.2) is 13.2 Å². The zero-order valence-electron chi connectivity index (χ0n) is 15.1. The lowest BCUT2D eigenvalue weighted by molar-refractivity contribution is -0.129. The molecular formula is C17H24N2O6S. The molecule has 1 saturated carbocycles. The second kappa shape index (κ2) is 8.61. The smallest absolute Gasteiger partial charge is 0.338 e. The minimum Gasteiger partial charge on any atom is -0.449 e. The molecule has 1 N–H and O–H groups in total. The lowest BCUT2D eigenvalue weighted by atomic mass is 10.2. The van der Waals surface area contributed by atoms with Gasteiger partial charge in [-0.3, -0.25) is 9.63 Å². The summed E-state index contributed by atoms with van der Waals surface area (Å²) in [6.07, 6.45) is 3.05. The number of sulfonamides is 1. The molecule has 0 aromatic heterocycles. The monoisotopic (exact) mass is 384 g/mol. The van der Waals surface area contributed by atoms with Gasteiger partial charge in [0.25, 0.3) is 15.9 Å². The third-order valence-electron chi connectivity index (χ3n) is 4.32. The molecule has 26 heavy (non-hydrogen) atoms. The van der Waals surface area contributed by atoms with E-state index in [-0.39, 0.29) is 22.4 Å². The first-order chi connectivity index (χ1) is 12.3. The van der Waals surface area contributed by atoms with Gasteiger partial charge in [0.15, 0.2) is 6.10 Å². The molecule has 1 amide bonds. The predicted octanol–water partition coefficient (Wildman–Crippen LogP) is 1.47. The zero-order chi connectivity index (χ0) is 19.3. The van der Waals surface area contributed by atoms with Crippen molar-refractivity contribution in [2.75, 3.05) is 14.2 Å². The minimum atomic E-state index is -3.88. The standard InChI is InChI=1S/C17H24N2O6S/c1-12(16(20)18-14-8-4-5-9-14)25-17(21)13-7-6-10-15(11-13)26(22,23)19(2)24-3/h6-7,10-12,14H,4-5,8-9H2,1-3H3,(H,18,20). The van der Waals surface area contributed by atoms with Crippen LogP contribution in [-0.4, -0.2) is 51.1 Å². The molecule has 8 nitrogen and oxygen atoms in total. The Labute approximate surface area is 153 Å². The van der Waals surface area contributed by atoms with E-state index >= 15 is 0 Å². The van der Waals surface area contributed by atoms with E-state index in [1.54, 1.807) is 0 Å². The van der Waals surface area contributed by atoms with Crippen LogP contribution >= 0.6 is 0 Å². The van der Waals surface area contributed by atoms with E-state index in [2.05, 4.69) is 5.32 Å². The van der Waals surface area contributed by atoms with Crippen LogP contribution in [0.4, 0.5) is 0 Å². The Morgan fingerprint density at radius 3 is 2.54 bits per heavy atom. The number of benzene rings is 1. The summed E-state index contributed by atoms with van der Waals surface area (Å²) in [5.74, 6) is -1.12. The maximum Gasteiger partial charge on any atom is 0.338 e. The van der Waals surface area contributed by atoms with Gasteiger partial charge in [0, 0.05) is 13.1 Å². The fraction of sp³-hybridized carbons (Fsp3) is 0.529. The molecule has 9 heteroatoms. The highest BCUT2D eigenvalue weighted by Gasteiger charge is 2.25. The van der Waals surface area contributed by atoms with E-state index in [0.29, 0.717) is 4.47 Å². The van der Waals surface area contributed by atoms with Crippen molar-refractivity contribution in [3.63, 3.8) is 0 Å². The summed E-state index contributed by atoms with van der Waals surface area (Å²) >= 11 is 0. The normalized spacial score (nSPS) is 16.5. The Morgan fingerprint density at radius 1 is 1.27 bits per heavy atom. The second-order valence-corrected chi connectivity index (χ2v) is 8.10. The summed E-state index contributed by atoms with van der Waals surface area (Å²) in [6, 6.07) is 5.51. The molecule has 0 aliphatic heterocycles. The minimum absolute atomic E-state index is 0.0381. The Balaban J connectivity index is 2.05. The third kappa shape index (κ3) is 4.80. The fourth-order valence-electron chi connectivity index (χ4n) is 2.70. The van der Waals surface area contributed by atoms with Crippen LogP contribution in [-0.2, 0) is 24.4 Å². The van der Waals surface area contributed by atoms with Crippen LogP contribution in [0.3, 0.4) is 0 Å². The summed E-state index contributed by atoms with van der Waals surface area (Å²) in [5.41, 5.74) is 0.0381. The van der Waals surface area contributed by atoms with Crippen LogP contribution in [0.2, 0.25) is 0 Å². The molecule has 0 saturated heterocycles. The number of hydrogen-bond acceptors (Lipinski definition) is 6. The average Bonchev–Trinajstić information content (AvgIpc) is 3.13. The Kier molecular flexibility index (Phi) is 6.74. The average molecular weight is 384 g/mol. The molecule has 0 bridgehead atoms. The number of esters is 1. The Hall–Kier alpha value is -1.97. The van der Waals surface area contributed by atoms with E-state index in [0.717, 1.165) is 25.7 Å². The molecule has 0 heterocycles. The molecular weight excluding hydrogens is 360 g/mol. The van der Waals surface area contributed by atoms with Gasteiger partial charge in [0.1, 0.15) is 0 Å². The van der Waals surface area contributed by atoms with Crippen LogP contribution in [0.5, 0.6) is 0 Å². The molecule has 1 atom stereocenters. The second-order valence-electron chi connectivity index (χ2n) is 6.16. The van der Waals surface area contributed by atoms with Crippen molar-refractivity contribution < 1.29 is 27.6 Å². The first kappa shape index (κ1) is 20.3. The van der Waals surface area contributed by atoms with Gasteiger partial charge in [0.2, 0.25) is 0 Å². The molecule has 0 spiro atoms. The van der Waals surface area contributed by atoms with E-state index < -0.39 is 22.1 Å². The van der Waals surface area contributed by atoms with Crippen molar-refractivity contribution in [2.24, 2.45) is 0 Å². The number of ether oxygens (including phenoxy) is 1. The summed E-state index contributed by atoms with van der Waals surface area (Å²) < 4.78 is 30.4. The van der Waals surface area contributed by atoms with E-state index in [4.69, 9.17) is 9.57 Å². The van der Waals surface area contributed by atoms with E-state index in [1.165, 1.54) is 45.3 Å². The third-order valence-corrected chi connectivity index (χ3v) is 5.99. The lowest BCUT2D eigenvalue weighted by Crippen LogP contribution is -2.40. The first-order valence-electron chi connectivity index (χ1n) is 8.40. The highest BCUT2D eigenvalue weighted by atomic mass is 32.2. The largest absolute Gasteiger partial charge is 0.449 e. The predicted molar refractivity (Wildman–Crippen MR) is 93.7 cm³/mol. The number of nitrogens with zero attached hydrogens (tertiary/aromatic N) is 1. The van der Waals surface area contributed by atoms with Crippen LogP contribution in [0.1, 0.15) is 43.0 Å². The van der Waals surface area contributed by atoms with Crippen LogP contribution in [0.15, 0.2) is 29.2 Å². The number of carbonyl (C=O) groups excluding carboxylic acids is 2. The molecule has 1 aliphatic rings. The van der Waals surface area contributed by atoms with Crippen LogP contribution in [0, 0.1) is 0 Å². The number of amides is 1. The lowest BCUT2D eigenvalue weighted by Gasteiger charge is -2.17. The summed E-state index contributed by atoms with van der Waals surface area (Å²) in [4.78, 5) is 29.0. The highest BCUT2D eigenvalue weighted by Crippen LogP contribution is 2.19. The molecule has 1 aromatic rings. The van der Waals surface area contributed by atoms with Gasteiger partial charge in [-0.15, -0.1) is 0 Å². The summed E-state index contributed by atoms with van der Waals surface area (Å²) in [7, 11) is -1.41. The number of carbonyl (C=O) groups is 2. The van der Waals surface area contributed by atoms with Crippen molar-refractivity contribution in [3.05, 3.63) is 29.8 Å². The SMILES string of the molecule is CON(C)S(=O)(=O)c1cccc(C(=O)OC(C)C(=O)NC2CCCC2)c1. The highest BCUT2D eigenvalue weighted by molar-refractivity contribution is 7.89. The van der Waals surface area contributed by atoms with Crippen molar-refractivity contribution in [3.8, 4) is 0 Å². The van der Waals surface area contributed by atoms with Gasteiger partial charge in [-0.05, 0) is 38.0 Å². The topological polar surface area (TPSA) is 102 Å². The van der Waals surface area contributed by atoms with Crippen LogP contribution < -0.4 is 5.32 Å². The number of hydrogen-bond donors (Lipinski definition) is 1. The molecule has 0 radical (unpaired) electrons. The van der Waals surface area contributed by atoms with Crippen molar-refractivity contribution in [1.82, 2.24) is 9.79 Å². The number of rotatable bonds is 7. The molecule has 144 valence electrons. The molecule has 1 aliphatic carbocycles. The quantitative estimate of drug-likeness (QED) is 0.564. The van der Waals surface area contributed by atoms with Gasteiger partial charge in [-0.2, -0.15) is 0 Å². The van der Waals surface area contributed by atoms with Crippen molar-refractivity contribution in [2.45, 2.75) is 49.6 Å². The zero-order valence-corrected chi connectivity index (χ0v) is 15.9. The van der Waals surface area contributed by atoms with Crippen molar-refractivity contribution in [1.29, 1.82) is 0 Å². The summed E-state index contributed by atoms with van der Waals surface area (Å²) in [6.45, 7) is 1.49. The molecule has 1 fully saturated rings. The molecule has 1 unspecified atom stereocenters. The van der Waals surface area contributed by atoms with Gasteiger partial charge in [-0.1, -0.05) is 23.4 Å². The molecule has 1 aromatic carbocycles. The Morgan fingerprint density at radius 2 is 1.92 bits per heavy atom. The van der Waals surface area contributed by atoms with Gasteiger partial charge < -0.3 is 10.1 Å². The first-order valence-corrected chi connectivity index (χ1v) is 9.84. The fourth-order valence-corrected chi connectivity index (χ4v) is 3.72. The van der Waals surface area contributed by atoms with Gasteiger partial charge in [0.05, 0.1) is 17.6 Å². The Bertz CT molecular complexity index is 758. The summed E-state index contributed by atoms with van der Waals surface area (Å²) in [5, 5.41) is 2.86. The van der Waals surface area contributed by atoms with Gasteiger partial charge >= 0.3 is 5.97 Å². The maximum absolute atomic E-state index is 12.3. The van der Waals surface area contributed by atoms with E-state index in [9.17, 15) is 18.0 Å². The maximum atomic E-state index is 12.3. The molecule has 2 rings (SSSR count). The van der Waals surface area contributed by atoms with Crippen LogP contribution in [0.25, 0.3) is 0 Å².